The molecule has 18 heavy (non-hydrogen) atoms. The Hall–Kier alpha value is -0.810. The van der Waals surface area contributed by atoms with E-state index in [1.807, 2.05) is 6.26 Å². The Labute approximate surface area is 113 Å². The van der Waals surface area contributed by atoms with Gasteiger partial charge in [-0.05, 0) is 38.5 Å². The van der Waals surface area contributed by atoms with Crippen molar-refractivity contribution in [3.05, 3.63) is 12.4 Å². The Balaban J connectivity index is 2.21. The van der Waals surface area contributed by atoms with Crippen LogP contribution in [0.25, 0.3) is 0 Å². The first-order valence-corrected chi connectivity index (χ1v) is 7.85. The second kappa shape index (κ2) is 6.38. The average Bonchev–Trinajstić information content (AvgIpc) is 2.88. The second-order valence-electron chi connectivity index (χ2n) is 4.70. The van der Waals surface area contributed by atoms with Crippen LogP contribution in [-0.4, -0.2) is 35.4 Å². The summed E-state index contributed by atoms with van der Waals surface area (Å²) in [5.74, 6) is 1.65. The number of nitrogens with zero attached hydrogens (tertiary/aromatic N) is 3. The number of anilines is 1. The largest absolute Gasteiger partial charge is 0.353 e. The maximum Gasteiger partial charge on any atom is 0.133 e. The Bertz CT molecular complexity index is 385. The molecule has 2 N–H and O–H groups in total. The van der Waals surface area contributed by atoms with Crippen molar-refractivity contribution in [3.8, 4) is 0 Å². The van der Waals surface area contributed by atoms with Crippen molar-refractivity contribution in [3.63, 3.8) is 0 Å². The van der Waals surface area contributed by atoms with Crippen LogP contribution in [0.3, 0.4) is 0 Å². The van der Waals surface area contributed by atoms with Crippen molar-refractivity contribution < 1.29 is 0 Å². The standard InChI is InChI=1S/C13H22N4S/c1-3-17(11-6-4-5-10(11)8-14)12-7-13(18-2)16-9-15-12/h7,9-11H,3-6,8,14H2,1-2H3. The number of aromatic nitrogens is 2. The minimum absolute atomic E-state index is 0.546. The van der Waals surface area contributed by atoms with Gasteiger partial charge in [0.25, 0.3) is 0 Å². The second-order valence-corrected chi connectivity index (χ2v) is 5.53. The molecular weight excluding hydrogens is 244 g/mol. The molecule has 1 aromatic rings. The van der Waals surface area contributed by atoms with Crippen molar-refractivity contribution in [2.45, 2.75) is 37.3 Å². The molecule has 1 fully saturated rings. The van der Waals surface area contributed by atoms with Gasteiger partial charge >= 0.3 is 0 Å². The van der Waals surface area contributed by atoms with Gasteiger partial charge in [0, 0.05) is 18.7 Å². The zero-order valence-corrected chi connectivity index (χ0v) is 12.0. The van der Waals surface area contributed by atoms with E-state index in [4.69, 9.17) is 5.73 Å². The Morgan fingerprint density at radius 1 is 1.44 bits per heavy atom. The molecule has 5 heteroatoms. The van der Waals surface area contributed by atoms with E-state index >= 15 is 0 Å². The van der Waals surface area contributed by atoms with Gasteiger partial charge < -0.3 is 10.6 Å². The summed E-state index contributed by atoms with van der Waals surface area (Å²) in [5.41, 5.74) is 5.89. The van der Waals surface area contributed by atoms with E-state index in [0.29, 0.717) is 12.0 Å². The predicted octanol–water partition coefficient (Wildman–Crippen LogP) is 2.15. The molecule has 1 aliphatic rings. The van der Waals surface area contributed by atoms with Gasteiger partial charge in [-0.2, -0.15) is 0 Å². The van der Waals surface area contributed by atoms with Crippen LogP contribution in [0.4, 0.5) is 5.82 Å². The summed E-state index contributed by atoms with van der Waals surface area (Å²) in [6.07, 6.45) is 7.47. The number of hydrogen-bond donors (Lipinski definition) is 1. The first kappa shape index (κ1) is 13.6. The summed E-state index contributed by atoms with van der Waals surface area (Å²) in [4.78, 5) is 11.1. The van der Waals surface area contributed by atoms with Crippen LogP contribution in [0, 0.1) is 5.92 Å². The van der Waals surface area contributed by atoms with E-state index in [1.165, 1.54) is 19.3 Å². The average molecular weight is 266 g/mol. The molecule has 0 radical (unpaired) electrons. The molecule has 100 valence electrons. The third-order valence-electron chi connectivity index (χ3n) is 3.79. The van der Waals surface area contributed by atoms with E-state index in [0.717, 1.165) is 23.9 Å². The molecular formula is C13H22N4S. The van der Waals surface area contributed by atoms with E-state index in [1.54, 1.807) is 18.1 Å². The monoisotopic (exact) mass is 266 g/mol. The predicted molar refractivity (Wildman–Crippen MR) is 77.0 cm³/mol. The summed E-state index contributed by atoms with van der Waals surface area (Å²) in [5, 5.41) is 1.03. The number of rotatable bonds is 5. The molecule has 1 heterocycles. The smallest absolute Gasteiger partial charge is 0.133 e. The first-order valence-electron chi connectivity index (χ1n) is 6.62. The third-order valence-corrected chi connectivity index (χ3v) is 4.44. The number of nitrogens with two attached hydrogens (primary N) is 1. The van der Waals surface area contributed by atoms with E-state index in [9.17, 15) is 0 Å². The molecule has 1 aromatic heterocycles. The summed E-state index contributed by atoms with van der Waals surface area (Å²) in [6.45, 7) is 3.94. The molecule has 0 amide bonds. The minimum Gasteiger partial charge on any atom is -0.353 e. The van der Waals surface area contributed by atoms with Crippen molar-refractivity contribution in [1.82, 2.24) is 9.97 Å². The van der Waals surface area contributed by atoms with Crippen molar-refractivity contribution in [2.75, 3.05) is 24.2 Å². The van der Waals surface area contributed by atoms with Gasteiger partial charge in [-0.3, -0.25) is 0 Å². The first-order chi connectivity index (χ1) is 8.80. The van der Waals surface area contributed by atoms with Gasteiger partial charge in [-0.1, -0.05) is 6.42 Å². The van der Waals surface area contributed by atoms with Crippen LogP contribution in [0.1, 0.15) is 26.2 Å². The highest BCUT2D eigenvalue weighted by molar-refractivity contribution is 7.98. The topological polar surface area (TPSA) is 55.0 Å². The number of hydrogen-bond acceptors (Lipinski definition) is 5. The molecule has 2 unspecified atom stereocenters. The van der Waals surface area contributed by atoms with Crippen LogP contribution >= 0.6 is 11.8 Å². The normalized spacial score (nSPS) is 23.3. The summed E-state index contributed by atoms with van der Waals surface area (Å²) < 4.78 is 0. The highest BCUT2D eigenvalue weighted by Gasteiger charge is 2.31. The molecule has 4 nitrogen and oxygen atoms in total. The van der Waals surface area contributed by atoms with E-state index in [2.05, 4.69) is 27.9 Å². The maximum atomic E-state index is 5.89. The molecule has 0 aromatic carbocycles. The lowest BCUT2D eigenvalue weighted by atomic mass is 10.0. The van der Waals surface area contributed by atoms with Gasteiger partial charge in [0.1, 0.15) is 17.2 Å². The van der Waals surface area contributed by atoms with Crippen molar-refractivity contribution in [2.24, 2.45) is 11.7 Å². The lowest BCUT2D eigenvalue weighted by Crippen LogP contribution is -2.40. The fraction of sp³-hybridized carbons (Fsp3) is 0.692. The molecule has 1 saturated carbocycles. The van der Waals surface area contributed by atoms with Gasteiger partial charge in [0.05, 0.1) is 0 Å². The van der Waals surface area contributed by atoms with Crippen LogP contribution in [0.2, 0.25) is 0 Å². The Morgan fingerprint density at radius 2 is 2.28 bits per heavy atom. The van der Waals surface area contributed by atoms with Gasteiger partial charge in [0.15, 0.2) is 0 Å². The molecule has 0 bridgehead atoms. The van der Waals surface area contributed by atoms with Gasteiger partial charge in [-0.15, -0.1) is 11.8 Å². The molecule has 2 atom stereocenters. The lowest BCUT2D eigenvalue weighted by molar-refractivity contribution is 0.459. The molecule has 1 aliphatic carbocycles. The minimum atomic E-state index is 0.546. The fourth-order valence-electron chi connectivity index (χ4n) is 2.87. The SMILES string of the molecule is CCN(c1cc(SC)ncn1)C1CCCC1CN. The highest BCUT2D eigenvalue weighted by Crippen LogP contribution is 2.32. The number of thioether (sulfide) groups is 1. The van der Waals surface area contributed by atoms with Crippen molar-refractivity contribution >= 4 is 17.6 Å². The lowest BCUT2D eigenvalue weighted by Gasteiger charge is -2.32. The van der Waals surface area contributed by atoms with Crippen LogP contribution in [0.15, 0.2) is 17.4 Å². The zero-order chi connectivity index (χ0) is 13.0. The third kappa shape index (κ3) is 2.78. The van der Waals surface area contributed by atoms with Crippen LogP contribution in [-0.2, 0) is 0 Å². The molecule has 2 rings (SSSR count). The molecule has 0 saturated heterocycles. The quantitative estimate of drug-likeness (QED) is 0.654. The molecule has 0 spiro atoms. The Morgan fingerprint density at radius 3 is 2.94 bits per heavy atom. The van der Waals surface area contributed by atoms with Gasteiger partial charge in [-0.25, -0.2) is 9.97 Å². The summed E-state index contributed by atoms with van der Waals surface area (Å²) >= 11 is 1.66. The maximum absolute atomic E-state index is 5.89. The summed E-state index contributed by atoms with van der Waals surface area (Å²) in [6, 6.07) is 2.63. The van der Waals surface area contributed by atoms with Gasteiger partial charge in [0.2, 0.25) is 0 Å². The zero-order valence-electron chi connectivity index (χ0n) is 11.2. The van der Waals surface area contributed by atoms with Crippen LogP contribution < -0.4 is 10.6 Å². The van der Waals surface area contributed by atoms with E-state index in [-0.39, 0.29) is 0 Å². The highest BCUT2D eigenvalue weighted by atomic mass is 32.2. The van der Waals surface area contributed by atoms with Crippen LogP contribution in [0.5, 0.6) is 0 Å². The summed E-state index contributed by atoms with van der Waals surface area (Å²) in [7, 11) is 0. The molecule has 0 aliphatic heterocycles. The van der Waals surface area contributed by atoms with E-state index < -0.39 is 0 Å². The Kier molecular flexibility index (Phi) is 4.83. The fourth-order valence-corrected chi connectivity index (χ4v) is 3.24. The van der Waals surface area contributed by atoms with Crippen molar-refractivity contribution in [1.29, 1.82) is 0 Å².